The fourth-order valence-corrected chi connectivity index (χ4v) is 4.02. The van der Waals surface area contributed by atoms with Crippen LogP contribution in [0.4, 0.5) is 0 Å². The lowest BCUT2D eigenvalue weighted by Gasteiger charge is -2.13. The highest BCUT2D eigenvalue weighted by Crippen LogP contribution is 2.21. The van der Waals surface area contributed by atoms with Gasteiger partial charge in [-0.1, -0.05) is 0 Å². The van der Waals surface area contributed by atoms with Gasteiger partial charge in [0.25, 0.3) is 10.0 Å². The normalized spacial score (nSPS) is 13.1. The molecule has 0 radical (unpaired) electrons. The third-order valence-corrected chi connectivity index (χ3v) is 5.42. The molecule has 1 atom stereocenters. The van der Waals surface area contributed by atoms with E-state index in [-0.39, 0.29) is 23.5 Å². The van der Waals surface area contributed by atoms with Crippen LogP contribution in [-0.2, 0) is 19.6 Å². The zero-order valence-electron chi connectivity index (χ0n) is 10.7. The van der Waals surface area contributed by atoms with Gasteiger partial charge < -0.3 is 10.2 Å². The minimum Gasteiger partial charge on any atom is -0.481 e. The Balaban J connectivity index is 2.74. The molecule has 0 bridgehead atoms. The first-order valence-electron chi connectivity index (χ1n) is 5.76. The largest absolute Gasteiger partial charge is 0.481 e. The number of hydrogen-bond acceptors (Lipinski definition) is 5. The topological polar surface area (TPSA) is 121 Å². The van der Waals surface area contributed by atoms with Crippen molar-refractivity contribution < 1.29 is 28.2 Å². The molecule has 7 nitrogen and oxygen atoms in total. The van der Waals surface area contributed by atoms with Crippen molar-refractivity contribution in [2.24, 2.45) is 0 Å². The highest BCUT2D eigenvalue weighted by molar-refractivity contribution is 7.91. The van der Waals surface area contributed by atoms with Gasteiger partial charge in [-0.05, 0) is 31.9 Å². The maximum absolute atomic E-state index is 12.0. The van der Waals surface area contributed by atoms with Crippen molar-refractivity contribution in [1.82, 2.24) is 4.72 Å². The molecule has 112 valence electrons. The molecule has 0 unspecified atom stereocenters. The van der Waals surface area contributed by atoms with Gasteiger partial charge in [0.1, 0.15) is 10.3 Å². The van der Waals surface area contributed by atoms with Crippen LogP contribution in [0.5, 0.6) is 0 Å². The monoisotopic (exact) mass is 321 g/mol. The molecule has 0 aliphatic rings. The van der Waals surface area contributed by atoms with Gasteiger partial charge in [-0.2, -0.15) is 4.72 Å². The fraction of sp³-hybridized carbons (Fsp3) is 0.455. The number of carboxylic acid groups (broad SMARTS) is 2. The van der Waals surface area contributed by atoms with E-state index in [4.69, 9.17) is 10.2 Å². The van der Waals surface area contributed by atoms with Crippen LogP contribution in [0.25, 0.3) is 0 Å². The predicted octanol–water partition coefficient (Wildman–Crippen LogP) is 1.04. The average molecular weight is 321 g/mol. The Hall–Kier alpha value is -1.45. The summed E-state index contributed by atoms with van der Waals surface area (Å²) in [6, 6.07) is 1.69. The van der Waals surface area contributed by atoms with Gasteiger partial charge in [-0.3, -0.25) is 9.59 Å². The molecule has 1 rings (SSSR count). The number of thiophene rings is 1. The zero-order valence-corrected chi connectivity index (χ0v) is 12.3. The van der Waals surface area contributed by atoms with Crippen LogP contribution < -0.4 is 4.72 Å². The van der Waals surface area contributed by atoms with E-state index in [2.05, 4.69) is 4.72 Å². The summed E-state index contributed by atoms with van der Waals surface area (Å²) in [5.41, 5.74) is 0. The van der Waals surface area contributed by atoms with Crippen molar-refractivity contribution in [3.05, 3.63) is 17.0 Å². The Kier molecular flexibility index (Phi) is 5.66. The van der Waals surface area contributed by atoms with Gasteiger partial charge in [0.05, 0.1) is 0 Å². The summed E-state index contributed by atoms with van der Waals surface area (Å²) < 4.78 is 26.1. The van der Waals surface area contributed by atoms with E-state index < -0.39 is 28.0 Å². The van der Waals surface area contributed by atoms with Crippen LogP contribution in [0.2, 0.25) is 0 Å². The Labute approximate surface area is 120 Å². The van der Waals surface area contributed by atoms with E-state index >= 15 is 0 Å². The summed E-state index contributed by atoms with van der Waals surface area (Å²) >= 11 is 1.04. The second kappa shape index (κ2) is 6.82. The number of aliphatic carboxylic acids is 2. The molecule has 0 saturated heterocycles. The molecule has 0 aliphatic carbocycles. The van der Waals surface area contributed by atoms with E-state index in [9.17, 15) is 18.0 Å². The second-order valence-electron chi connectivity index (χ2n) is 4.16. The molecule has 0 spiro atoms. The standard InChI is InChI=1S/C11H15NO6S2/c1-7-5-6-10(19-7)20(17,18)12-8(11(15)16)3-2-4-9(13)14/h5-6,8,12H,2-4H2,1H3,(H,13,14)(H,15,16)/t8-/m1/s1. The van der Waals surface area contributed by atoms with Crippen LogP contribution in [0, 0.1) is 6.92 Å². The number of nitrogens with one attached hydrogen (secondary N) is 1. The smallest absolute Gasteiger partial charge is 0.321 e. The van der Waals surface area contributed by atoms with E-state index in [1.165, 1.54) is 6.07 Å². The molecular weight excluding hydrogens is 306 g/mol. The van der Waals surface area contributed by atoms with Crippen molar-refractivity contribution in [2.75, 3.05) is 0 Å². The lowest BCUT2D eigenvalue weighted by molar-refractivity contribution is -0.140. The molecule has 9 heteroatoms. The number of rotatable bonds is 8. The highest BCUT2D eigenvalue weighted by Gasteiger charge is 2.26. The molecule has 1 heterocycles. The first-order valence-corrected chi connectivity index (χ1v) is 8.05. The molecule has 0 saturated carbocycles. The summed E-state index contributed by atoms with van der Waals surface area (Å²) in [5, 5.41) is 17.5. The third kappa shape index (κ3) is 4.91. The predicted molar refractivity (Wildman–Crippen MR) is 72.3 cm³/mol. The van der Waals surface area contributed by atoms with Crippen LogP contribution in [0.15, 0.2) is 16.3 Å². The summed E-state index contributed by atoms with van der Waals surface area (Å²) in [7, 11) is -3.89. The molecule has 0 aromatic carbocycles. The van der Waals surface area contributed by atoms with Crippen LogP contribution >= 0.6 is 11.3 Å². The van der Waals surface area contributed by atoms with Gasteiger partial charge in [0.15, 0.2) is 0 Å². The lowest BCUT2D eigenvalue weighted by Crippen LogP contribution is -2.40. The lowest BCUT2D eigenvalue weighted by atomic mass is 10.1. The number of hydrogen-bond donors (Lipinski definition) is 3. The van der Waals surface area contributed by atoms with Crippen molar-refractivity contribution >= 4 is 33.3 Å². The van der Waals surface area contributed by atoms with Crippen molar-refractivity contribution in [3.63, 3.8) is 0 Å². The minimum atomic E-state index is -3.89. The van der Waals surface area contributed by atoms with E-state index in [0.29, 0.717) is 0 Å². The maximum Gasteiger partial charge on any atom is 0.321 e. The molecule has 20 heavy (non-hydrogen) atoms. The molecule has 0 aliphatic heterocycles. The zero-order chi connectivity index (χ0) is 15.3. The first kappa shape index (κ1) is 16.6. The summed E-state index contributed by atoms with van der Waals surface area (Å²) in [5.74, 6) is -2.38. The SMILES string of the molecule is Cc1ccc(S(=O)(=O)N[C@H](CCCC(=O)O)C(=O)O)s1. The van der Waals surface area contributed by atoms with Crippen LogP contribution in [-0.4, -0.2) is 36.6 Å². The van der Waals surface area contributed by atoms with Crippen LogP contribution in [0.1, 0.15) is 24.1 Å². The summed E-state index contributed by atoms with van der Waals surface area (Å²) in [4.78, 5) is 22.2. The van der Waals surface area contributed by atoms with E-state index in [1.807, 2.05) is 0 Å². The molecule has 0 amide bonds. The Bertz CT molecular complexity index is 592. The van der Waals surface area contributed by atoms with E-state index in [1.54, 1.807) is 13.0 Å². The van der Waals surface area contributed by atoms with Gasteiger partial charge >= 0.3 is 11.9 Å². The Morgan fingerprint density at radius 2 is 2.00 bits per heavy atom. The van der Waals surface area contributed by atoms with Gasteiger partial charge in [0.2, 0.25) is 0 Å². The van der Waals surface area contributed by atoms with Crippen molar-refractivity contribution in [3.8, 4) is 0 Å². The number of sulfonamides is 1. The molecule has 3 N–H and O–H groups in total. The first-order chi connectivity index (χ1) is 9.22. The van der Waals surface area contributed by atoms with Gasteiger partial charge in [0, 0.05) is 11.3 Å². The molecule has 1 aromatic heterocycles. The number of carboxylic acids is 2. The fourth-order valence-electron chi connectivity index (χ4n) is 1.49. The average Bonchev–Trinajstić information content (AvgIpc) is 2.74. The third-order valence-electron chi connectivity index (χ3n) is 2.46. The maximum atomic E-state index is 12.0. The molecule has 1 aromatic rings. The second-order valence-corrected chi connectivity index (χ2v) is 7.39. The summed E-state index contributed by atoms with van der Waals surface area (Å²) in [6.45, 7) is 1.74. The van der Waals surface area contributed by atoms with Gasteiger partial charge in [-0.15, -0.1) is 11.3 Å². The number of carbonyl (C=O) groups is 2. The highest BCUT2D eigenvalue weighted by atomic mass is 32.2. The minimum absolute atomic E-state index is 0.0412. The van der Waals surface area contributed by atoms with Crippen molar-refractivity contribution in [2.45, 2.75) is 36.4 Å². The van der Waals surface area contributed by atoms with Crippen molar-refractivity contribution in [1.29, 1.82) is 0 Å². The van der Waals surface area contributed by atoms with E-state index in [0.717, 1.165) is 16.2 Å². The Morgan fingerprint density at radius 1 is 1.35 bits per heavy atom. The quantitative estimate of drug-likeness (QED) is 0.658. The number of aryl methyl sites for hydroxylation is 1. The Morgan fingerprint density at radius 3 is 2.45 bits per heavy atom. The van der Waals surface area contributed by atoms with Gasteiger partial charge in [-0.25, -0.2) is 8.42 Å². The summed E-state index contributed by atoms with van der Waals surface area (Å²) in [6.07, 6.45) is -0.201. The molecular formula is C11H15NO6S2. The molecule has 0 fully saturated rings. The van der Waals surface area contributed by atoms with Crippen LogP contribution in [0.3, 0.4) is 0 Å².